The zero-order chi connectivity index (χ0) is 10.8. The fourth-order valence-corrected chi connectivity index (χ4v) is 1.48. The second-order valence-electron chi connectivity index (χ2n) is 3.51. The molecule has 0 fully saturated rings. The van der Waals surface area contributed by atoms with Gasteiger partial charge in [-0.3, -0.25) is 0 Å². The van der Waals surface area contributed by atoms with Crippen LogP contribution in [0, 0.1) is 0 Å². The minimum atomic E-state index is -4.88. The first kappa shape index (κ1) is 11.2. The van der Waals surface area contributed by atoms with Gasteiger partial charge in [0.1, 0.15) is 0 Å². The van der Waals surface area contributed by atoms with E-state index in [1.807, 2.05) is 13.8 Å². The number of halogens is 3. The predicted octanol–water partition coefficient (Wildman–Crippen LogP) is 3.25. The van der Waals surface area contributed by atoms with Gasteiger partial charge in [0, 0.05) is 0 Å². The molecule has 1 atom stereocenters. The van der Waals surface area contributed by atoms with Crippen LogP contribution in [0.2, 0.25) is 0 Å². The van der Waals surface area contributed by atoms with Gasteiger partial charge in [-0.2, -0.15) is 0 Å². The molecule has 0 saturated heterocycles. The summed E-state index contributed by atoms with van der Waals surface area (Å²) in [5.74, 6) is -0.0327. The lowest BCUT2D eigenvalue weighted by atomic mass is 9.74. The van der Waals surface area contributed by atoms with Gasteiger partial charge in [-0.1, -0.05) is 43.7 Å². The van der Waals surface area contributed by atoms with Gasteiger partial charge in [0.2, 0.25) is 0 Å². The molecule has 14 heavy (non-hydrogen) atoms. The van der Waals surface area contributed by atoms with Crippen molar-refractivity contribution in [3.8, 4) is 0 Å². The highest BCUT2D eigenvalue weighted by Gasteiger charge is 2.28. The molecular weight excluding hydrogens is 188 g/mol. The highest BCUT2D eigenvalue weighted by atomic mass is 19.4. The van der Waals surface area contributed by atoms with Gasteiger partial charge in [-0.15, -0.1) is 5.46 Å². The molecule has 0 aliphatic heterocycles. The van der Waals surface area contributed by atoms with E-state index in [0.717, 1.165) is 6.42 Å². The third kappa shape index (κ3) is 2.31. The lowest BCUT2D eigenvalue weighted by Gasteiger charge is -2.22. The third-order valence-corrected chi connectivity index (χ3v) is 2.49. The zero-order valence-electron chi connectivity index (χ0n) is 8.31. The molecule has 0 bridgehead atoms. The number of benzene rings is 1. The normalized spacial score (nSPS) is 14.1. The van der Waals surface area contributed by atoms with Crippen LogP contribution in [0.1, 0.15) is 31.7 Å². The van der Waals surface area contributed by atoms with E-state index in [4.69, 9.17) is 0 Å². The van der Waals surface area contributed by atoms with E-state index in [-0.39, 0.29) is 5.92 Å². The van der Waals surface area contributed by atoms with Crippen molar-refractivity contribution >= 4 is 12.4 Å². The molecule has 78 valence electrons. The van der Waals surface area contributed by atoms with Crippen molar-refractivity contribution < 1.29 is 12.9 Å². The molecule has 0 aliphatic rings. The van der Waals surface area contributed by atoms with Crippen molar-refractivity contribution in [2.24, 2.45) is 0 Å². The first-order valence-corrected chi connectivity index (χ1v) is 4.75. The molecule has 0 heterocycles. The molecule has 0 amide bonds. The van der Waals surface area contributed by atoms with E-state index in [2.05, 4.69) is 0 Å². The highest BCUT2D eigenvalue weighted by Crippen LogP contribution is 2.21. The van der Waals surface area contributed by atoms with E-state index in [1.54, 1.807) is 12.1 Å². The Morgan fingerprint density at radius 3 is 2.29 bits per heavy atom. The lowest BCUT2D eigenvalue weighted by Crippen LogP contribution is -2.37. The summed E-state index contributed by atoms with van der Waals surface area (Å²) >= 11 is 0. The van der Waals surface area contributed by atoms with Crippen LogP contribution in [0.3, 0.4) is 0 Å². The Hall–Kier alpha value is -0.925. The molecule has 1 rings (SSSR count). The molecule has 1 aromatic carbocycles. The second-order valence-corrected chi connectivity index (χ2v) is 3.51. The third-order valence-electron chi connectivity index (χ3n) is 2.49. The summed E-state index contributed by atoms with van der Waals surface area (Å²) in [6, 6.07) is 5.84. The number of hydrogen-bond acceptors (Lipinski definition) is 0. The van der Waals surface area contributed by atoms with Crippen LogP contribution in [-0.4, -0.2) is 6.98 Å². The first-order chi connectivity index (χ1) is 6.46. The SMILES string of the molecule is CCC(C)c1ccccc1[B-](F)(F)F. The monoisotopic (exact) mass is 201 g/mol. The number of rotatable bonds is 3. The van der Waals surface area contributed by atoms with Gasteiger partial charge in [0.05, 0.1) is 0 Å². The molecule has 0 aliphatic carbocycles. The Bertz CT molecular complexity index is 306. The molecule has 0 radical (unpaired) electrons. The maximum absolute atomic E-state index is 12.6. The van der Waals surface area contributed by atoms with Gasteiger partial charge in [0.15, 0.2) is 0 Å². The average molecular weight is 201 g/mol. The first-order valence-electron chi connectivity index (χ1n) is 4.75. The van der Waals surface area contributed by atoms with Crippen molar-refractivity contribution in [1.29, 1.82) is 0 Å². The summed E-state index contributed by atoms with van der Waals surface area (Å²) < 4.78 is 37.8. The molecule has 0 aromatic heterocycles. The summed E-state index contributed by atoms with van der Waals surface area (Å²) in [6.07, 6.45) is 0.725. The summed E-state index contributed by atoms with van der Waals surface area (Å²) in [5.41, 5.74) is -0.0237. The summed E-state index contributed by atoms with van der Waals surface area (Å²) in [7, 11) is 0. The molecule has 0 N–H and O–H groups in total. The highest BCUT2D eigenvalue weighted by molar-refractivity contribution is 6.74. The van der Waals surface area contributed by atoms with Crippen molar-refractivity contribution in [1.82, 2.24) is 0 Å². The molecule has 0 saturated carbocycles. The largest absolute Gasteiger partial charge is 0.509 e. The minimum absolute atomic E-state index is 0.0327. The van der Waals surface area contributed by atoms with E-state index >= 15 is 0 Å². The van der Waals surface area contributed by atoms with E-state index in [1.165, 1.54) is 12.1 Å². The van der Waals surface area contributed by atoms with E-state index < -0.39 is 12.4 Å². The Morgan fingerprint density at radius 2 is 1.79 bits per heavy atom. The Morgan fingerprint density at radius 1 is 1.21 bits per heavy atom. The standard InChI is InChI=1S/C10H13BF3/c1-3-8(2)9-6-4-5-7-10(9)11(12,13)14/h4-8H,3H2,1-2H3/q-1. The van der Waals surface area contributed by atoms with Crippen LogP contribution in [0.25, 0.3) is 0 Å². The number of hydrogen-bond donors (Lipinski definition) is 0. The molecule has 4 heteroatoms. The fraction of sp³-hybridized carbons (Fsp3) is 0.400. The van der Waals surface area contributed by atoms with Crippen LogP contribution in [0.5, 0.6) is 0 Å². The van der Waals surface area contributed by atoms with Crippen molar-refractivity contribution in [3.63, 3.8) is 0 Å². The van der Waals surface area contributed by atoms with Crippen LogP contribution < -0.4 is 5.46 Å². The van der Waals surface area contributed by atoms with Gasteiger partial charge < -0.3 is 12.9 Å². The Labute approximate surface area is 82.2 Å². The van der Waals surface area contributed by atoms with Crippen LogP contribution in [0.4, 0.5) is 12.9 Å². The topological polar surface area (TPSA) is 0 Å². The van der Waals surface area contributed by atoms with Crippen molar-refractivity contribution in [3.05, 3.63) is 29.8 Å². The molecule has 0 spiro atoms. The minimum Gasteiger partial charge on any atom is -0.445 e. The quantitative estimate of drug-likeness (QED) is 0.658. The Balaban J connectivity index is 3.16. The predicted molar refractivity (Wildman–Crippen MR) is 53.9 cm³/mol. The van der Waals surface area contributed by atoms with E-state index in [9.17, 15) is 12.9 Å². The molecule has 1 unspecified atom stereocenters. The van der Waals surface area contributed by atoms with Crippen molar-refractivity contribution in [2.45, 2.75) is 26.2 Å². The lowest BCUT2D eigenvalue weighted by molar-refractivity contribution is 0.499. The van der Waals surface area contributed by atoms with Gasteiger partial charge in [-0.25, -0.2) is 0 Å². The summed E-state index contributed by atoms with van der Waals surface area (Å²) in [5, 5.41) is 0. The van der Waals surface area contributed by atoms with Crippen LogP contribution in [0.15, 0.2) is 24.3 Å². The zero-order valence-corrected chi connectivity index (χ0v) is 8.31. The maximum atomic E-state index is 12.6. The van der Waals surface area contributed by atoms with Crippen LogP contribution >= 0.6 is 0 Å². The average Bonchev–Trinajstić information content (AvgIpc) is 2.15. The summed E-state index contributed by atoms with van der Waals surface area (Å²) in [6.45, 7) is -1.16. The smallest absolute Gasteiger partial charge is 0.445 e. The van der Waals surface area contributed by atoms with Crippen molar-refractivity contribution in [2.75, 3.05) is 0 Å². The van der Waals surface area contributed by atoms with Gasteiger partial charge in [-0.05, 0) is 12.3 Å². The molecule has 1 aromatic rings. The summed E-state index contributed by atoms with van der Waals surface area (Å²) in [4.78, 5) is 0. The van der Waals surface area contributed by atoms with Gasteiger partial charge in [0.25, 0.3) is 0 Å². The van der Waals surface area contributed by atoms with Gasteiger partial charge >= 0.3 is 6.98 Å². The second kappa shape index (κ2) is 4.07. The van der Waals surface area contributed by atoms with E-state index in [0.29, 0.717) is 5.56 Å². The molecule has 0 nitrogen and oxygen atoms in total. The molecular formula is C10H13BF3-. The van der Waals surface area contributed by atoms with Crippen LogP contribution in [-0.2, 0) is 0 Å². The Kier molecular flexibility index (Phi) is 3.24. The fourth-order valence-electron chi connectivity index (χ4n) is 1.48. The maximum Gasteiger partial charge on any atom is 0.509 e.